The maximum atomic E-state index is 12.7. The van der Waals surface area contributed by atoms with E-state index >= 15 is 0 Å². The van der Waals surface area contributed by atoms with E-state index in [0.29, 0.717) is 33.9 Å². The average Bonchev–Trinajstić information content (AvgIpc) is 3.23. The molecule has 1 amide bonds. The number of carbonyl (C=O) groups is 1. The number of thioether (sulfide) groups is 1. The van der Waals surface area contributed by atoms with Crippen molar-refractivity contribution in [2.75, 3.05) is 7.11 Å². The van der Waals surface area contributed by atoms with E-state index in [0.717, 1.165) is 29.9 Å². The van der Waals surface area contributed by atoms with Crippen LogP contribution in [0.15, 0.2) is 58.1 Å². The molecule has 2 aliphatic rings. The maximum absolute atomic E-state index is 12.7. The van der Waals surface area contributed by atoms with Crippen molar-refractivity contribution in [3.63, 3.8) is 0 Å². The van der Waals surface area contributed by atoms with E-state index in [9.17, 15) is 4.79 Å². The molecule has 0 saturated heterocycles. The third-order valence-corrected chi connectivity index (χ3v) is 6.28. The lowest BCUT2D eigenvalue weighted by molar-refractivity contribution is -0.114. The first-order valence-corrected chi connectivity index (χ1v) is 11.7. The standard InChI is InChI=1S/C24H23ClN4O3S/c1-3-4-10-20-28-29-22(26)17(23(30)27-24(29)33-20)11-16-12-18(25)21(19(13-16)31-2)32-14-15-8-6-5-7-9-15/h5-9,11-13,26H,3-4,10,14H2,1-2H3/b17-11-,26-22?. The van der Waals surface area contributed by atoms with E-state index in [1.165, 1.54) is 23.9 Å². The van der Waals surface area contributed by atoms with Gasteiger partial charge in [0.05, 0.1) is 17.7 Å². The third-order valence-electron chi connectivity index (χ3n) is 5.03. The highest BCUT2D eigenvalue weighted by Crippen LogP contribution is 2.38. The molecular formula is C24H23ClN4O3S. The molecule has 9 heteroatoms. The van der Waals surface area contributed by atoms with Gasteiger partial charge in [0.2, 0.25) is 5.17 Å². The van der Waals surface area contributed by atoms with Gasteiger partial charge in [-0.15, -0.1) is 0 Å². The second kappa shape index (κ2) is 10.2. The minimum atomic E-state index is -0.481. The second-order valence-electron chi connectivity index (χ2n) is 7.43. The van der Waals surface area contributed by atoms with E-state index in [-0.39, 0.29) is 11.4 Å². The number of hydrogen-bond donors (Lipinski definition) is 1. The normalized spacial score (nSPS) is 16.6. The zero-order valence-electron chi connectivity index (χ0n) is 18.3. The number of rotatable bonds is 8. The number of fused-ring (bicyclic) bond motifs is 1. The summed E-state index contributed by atoms with van der Waals surface area (Å²) in [6, 6.07) is 13.1. The summed E-state index contributed by atoms with van der Waals surface area (Å²) >= 11 is 7.83. The van der Waals surface area contributed by atoms with Crippen LogP contribution in [0.4, 0.5) is 0 Å². The molecule has 0 unspecified atom stereocenters. The lowest BCUT2D eigenvalue weighted by Gasteiger charge is -2.20. The number of nitrogens with zero attached hydrogens (tertiary/aromatic N) is 3. The predicted octanol–water partition coefficient (Wildman–Crippen LogP) is 5.74. The van der Waals surface area contributed by atoms with Crippen LogP contribution >= 0.6 is 23.4 Å². The molecule has 0 radical (unpaired) electrons. The number of amidine groups is 2. The molecule has 0 bridgehead atoms. The number of methoxy groups -OCH3 is 1. The molecule has 2 heterocycles. The number of nitrogens with one attached hydrogen (secondary N) is 1. The first-order valence-electron chi connectivity index (χ1n) is 10.5. The minimum absolute atomic E-state index is 0.0107. The largest absolute Gasteiger partial charge is 0.493 e. The van der Waals surface area contributed by atoms with Gasteiger partial charge in [0.15, 0.2) is 17.3 Å². The lowest BCUT2D eigenvalue weighted by Crippen LogP contribution is -2.35. The van der Waals surface area contributed by atoms with Gasteiger partial charge in [-0.05, 0) is 53.9 Å². The molecule has 0 fully saturated rings. The van der Waals surface area contributed by atoms with Crippen LogP contribution in [0.25, 0.3) is 6.08 Å². The fraction of sp³-hybridized carbons (Fsp3) is 0.250. The number of halogens is 1. The number of amides is 1. The molecular weight excluding hydrogens is 460 g/mol. The molecule has 4 rings (SSSR count). The van der Waals surface area contributed by atoms with Gasteiger partial charge in [-0.25, -0.2) is 0 Å². The van der Waals surface area contributed by atoms with Crippen LogP contribution in [-0.2, 0) is 11.4 Å². The Morgan fingerprint density at radius 2 is 2.03 bits per heavy atom. The maximum Gasteiger partial charge on any atom is 0.283 e. The zero-order valence-corrected chi connectivity index (χ0v) is 19.9. The number of benzene rings is 2. The Morgan fingerprint density at radius 1 is 1.24 bits per heavy atom. The van der Waals surface area contributed by atoms with Gasteiger partial charge < -0.3 is 9.47 Å². The zero-order chi connectivity index (χ0) is 23.4. The SMILES string of the molecule is CCCCC1=NN2C(=N)/C(=C/c3cc(Cl)c(OCc4ccccc4)c(OC)c3)C(=O)N=C2S1. The number of aliphatic imine (C=N–C) groups is 1. The van der Waals surface area contributed by atoms with Crippen molar-refractivity contribution in [2.45, 2.75) is 32.8 Å². The van der Waals surface area contributed by atoms with E-state index in [1.54, 1.807) is 18.2 Å². The third kappa shape index (κ3) is 5.12. The highest BCUT2D eigenvalue weighted by molar-refractivity contribution is 8.26. The number of carbonyl (C=O) groups excluding carboxylic acids is 1. The van der Waals surface area contributed by atoms with Crippen molar-refractivity contribution < 1.29 is 14.3 Å². The Hall–Kier alpha value is -3.10. The molecule has 2 aromatic carbocycles. The van der Waals surface area contributed by atoms with E-state index in [2.05, 4.69) is 17.0 Å². The van der Waals surface area contributed by atoms with E-state index < -0.39 is 5.91 Å². The first-order chi connectivity index (χ1) is 16.0. The smallest absolute Gasteiger partial charge is 0.283 e. The Bertz CT molecular complexity index is 1180. The van der Waals surface area contributed by atoms with Crippen molar-refractivity contribution in [3.05, 3.63) is 64.2 Å². The molecule has 33 heavy (non-hydrogen) atoms. The predicted molar refractivity (Wildman–Crippen MR) is 133 cm³/mol. The average molecular weight is 483 g/mol. The van der Waals surface area contributed by atoms with E-state index in [4.69, 9.17) is 26.5 Å². The van der Waals surface area contributed by atoms with Crippen LogP contribution in [0.3, 0.4) is 0 Å². The number of hydrazone groups is 1. The molecule has 0 aliphatic carbocycles. The second-order valence-corrected chi connectivity index (χ2v) is 8.87. The van der Waals surface area contributed by atoms with Crippen molar-refractivity contribution in [2.24, 2.45) is 10.1 Å². The summed E-state index contributed by atoms with van der Waals surface area (Å²) in [5.74, 6) is 0.353. The van der Waals surface area contributed by atoms with Gasteiger partial charge >= 0.3 is 0 Å². The van der Waals surface area contributed by atoms with Crippen LogP contribution < -0.4 is 9.47 Å². The molecule has 2 aliphatic heterocycles. The summed E-state index contributed by atoms with van der Waals surface area (Å²) in [6.45, 7) is 2.44. The molecule has 7 nitrogen and oxygen atoms in total. The van der Waals surface area contributed by atoms with Crippen molar-refractivity contribution in [3.8, 4) is 11.5 Å². The summed E-state index contributed by atoms with van der Waals surface area (Å²) in [7, 11) is 1.52. The van der Waals surface area contributed by atoms with Crippen LogP contribution in [0.1, 0.15) is 37.3 Å². The molecule has 0 saturated carbocycles. The quantitative estimate of drug-likeness (QED) is 0.485. The Balaban J connectivity index is 1.58. The van der Waals surface area contributed by atoms with Crippen LogP contribution in [0.2, 0.25) is 5.02 Å². The topological polar surface area (TPSA) is 87.3 Å². The molecule has 1 N–H and O–H groups in total. The first kappa shape index (κ1) is 23.1. The molecule has 0 atom stereocenters. The van der Waals surface area contributed by atoms with E-state index in [1.807, 2.05) is 30.3 Å². The Morgan fingerprint density at radius 3 is 2.76 bits per heavy atom. The number of hydrogen-bond acceptors (Lipinski definition) is 6. The van der Waals surface area contributed by atoms with Crippen LogP contribution in [0.5, 0.6) is 11.5 Å². The van der Waals surface area contributed by atoms with Crippen molar-refractivity contribution in [1.82, 2.24) is 5.01 Å². The summed E-state index contributed by atoms with van der Waals surface area (Å²) < 4.78 is 11.4. The Labute approximate surface area is 201 Å². The molecule has 0 spiro atoms. The van der Waals surface area contributed by atoms with Gasteiger partial charge in [0.1, 0.15) is 11.7 Å². The summed E-state index contributed by atoms with van der Waals surface area (Å²) in [5.41, 5.74) is 1.73. The Kier molecular flexibility index (Phi) is 7.15. The van der Waals surface area contributed by atoms with Crippen molar-refractivity contribution >= 4 is 51.4 Å². The molecule has 2 aromatic rings. The van der Waals surface area contributed by atoms with Crippen LogP contribution in [0, 0.1) is 5.41 Å². The monoisotopic (exact) mass is 482 g/mol. The number of ether oxygens (including phenoxy) is 2. The van der Waals surface area contributed by atoms with Gasteiger partial charge in [-0.2, -0.15) is 15.1 Å². The number of unbranched alkanes of at least 4 members (excludes halogenated alkanes) is 1. The molecule has 170 valence electrons. The minimum Gasteiger partial charge on any atom is -0.493 e. The van der Waals surface area contributed by atoms with Gasteiger partial charge in [-0.3, -0.25) is 10.2 Å². The fourth-order valence-electron chi connectivity index (χ4n) is 3.32. The summed E-state index contributed by atoms with van der Waals surface area (Å²) in [4.78, 5) is 16.8. The lowest BCUT2D eigenvalue weighted by atomic mass is 10.1. The van der Waals surface area contributed by atoms with Gasteiger partial charge in [0, 0.05) is 0 Å². The van der Waals surface area contributed by atoms with Crippen LogP contribution in [-0.4, -0.2) is 34.1 Å². The molecule has 0 aromatic heterocycles. The summed E-state index contributed by atoms with van der Waals surface area (Å²) in [6.07, 6.45) is 4.41. The van der Waals surface area contributed by atoms with Gasteiger partial charge in [0.25, 0.3) is 5.91 Å². The van der Waals surface area contributed by atoms with Gasteiger partial charge in [-0.1, -0.05) is 55.3 Å². The fourth-order valence-corrected chi connectivity index (χ4v) is 4.52. The highest BCUT2D eigenvalue weighted by Gasteiger charge is 2.35. The van der Waals surface area contributed by atoms with Crippen molar-refractivity contribution in [1.29, 1.82) is 5.41 Å². The highest BCUT2D eigenvalue weighted by atomic mass is 35.5. The summed E-state index contributed by atoms with van der Waals surface area (Å²) in [5, 5.41) is 16.0.